The van der Waals surface area contributed by atoms with Crippen molar-refractivity contribution in [2.75, 3.05) is 0 Å². The van der Waals surface area contributed by atoms with Gasteiger partial charge in [-0.2, -0.15) is 0 Å². The minimum Gasteiger partial charge on any atom is 1.00 e. The molecule has 0 aromatic heterocycles. The van der Waals surface area contributed by atoms with Crippen molar-refractivity contribution in [2.45, 2.75) is 19.6 Å². The van der Waals surface area contributed by atoms with Gasteiger partial charge in [-0.25, -0.2) is 0 Å². The summed E-state index contributed by atoms with van der Waals surface area (Å²) >= 11 is 0.589. The average Bonchev–Trinajstić information content (AvgIpc) is 2.02. The first kappa shape index (κ1) is 13.6. The van der Waals surface area contributed by atoms with Gasteiger partial charge in [-0.15, -0.1) is 0 Å². The first-order chi connectivity index (χ1) is 5.58. The van der Waals surface area contributed by atoms with Gasteiger partial charge < -0.3 is 0 Å². The monoisotopic (exact) mass is 250 g/mol. The van der Waals surface area contributed by atoms with Gasteiger partial charge in [0.1, 0.15) is 0 Å². The average molecular weight is 249 g/mol. The van der Waals surface area contributed by atoms with Gasteiger partial charge in [0.05, 0.1) is 0 Å². The van der Waals surface area contributed by atoms with Crippen LogP contribution in [0, 0.1) is 4.94 Å². The molecule has 0 unspecified atom stereocenters. The molecule has 0 amide bonds. The second kappa shape index (κ2) is 6.12. The third-order valence-electron chi connectivity index (χ3n) is 1.29. The van der Waals surface area contributed by atoms with E-state index in [4.69, 9.17) is 0 Å². The molecule has 0 spiro atoms. The van der Waals surface area contributed by atoms with Crippen molar-refractivity contribution in [3.05, 3.63) is 35.3 Å². The molecule has 1 rings (SSSR count). The molecule has 0 N–H and O–H groups in total. The van der Waals surface area contributed by atoms with Crippen LogP contribution in [0.4, 0.5) is 0 Å². The SMILES string of the molecule is C[Si](C)(C)[CH-][Se]c1ccccc1.[Li+]. The molecular weight excluding hydrogens is 234 g/mol. The van der Waals surface area contributed by atoms with E-state index >= 15 is 0 Å². The first-order valence-corrected chi connectivity index (χ1v) is 9.56. The van der Waals surface area contributed by atoms with Crippen LogP contribution in [0.25, 0.3) is 0 Å². The van der Waals surface area contributed by atoms with Gasteiger partial charge in [-0.1, -0.05) is 0 Å². The van der Waals surface area contributed by atoms with E-state index in [1.54, 1.807) is 0 Å². The zero-order valence-electron chi connectivity index (χ0n) is 8.87. The van der Waals surface area contributed by atoms with Crippen LogP contribution >= 0.6 is 0 Å². The van der Waals surface area contributed by atoms with Crippen molar-refractivity contribution in [1.82, 2.24) is 0 Å². The molecule has 0 bridgehead atoms. The largest absolute Gasteiger partial charge is 1.00 e. The Morgan fingerprint density at radius 3 is 2.08 bits per heavy atom. The maximum absolute atomic E-state index is 2.55. The summed E-state index contributed by atoms with van der Waals surface area (Å²) in [7, 11) is -0.937. The molecule has 0 saturated carbocycles. The summed E-state index contributed by atoms with van der Waals surface area (Å²) in [5.74, 6) is 0. The van der Waals surface area contributed by atoms with Gasteiger partial charge >= 0.3 is 101 Å². The molecule has 66 valence electrons. The zero-order valence-corrected chi connectivity index (χ0v) is 11.6. The van der Waals surface area contributed by atoms with Gasteiger partial charge in [0.25, 0.3) is 0 Å². The van der Waals surface area contributed by atoms with Crippen LogP contribution in [0.15, 0.2) is 30.3 Å². The van der Waals surface area contributed by atoms with Crippen LogP contribution in [-0.2, 0) is 0 Å². The Morgan fingerprint density at radius 1 is 1.08 bits per heavy atom. The summed E-state index contributed by atoms with van der Waals surface area (Å²) in [4.78, 5) is 2.55. The van der Waals surface area contributed by atoms with Gasteiger partial charge in [0, 0.05) is 0 Å². The summed E-state index contributed by atoms with van der Waals surface area (Å²) in [6.07, 6.45) is 0. The molecule has 0 aliphatic rings. The molecule has 3 heteroatoms. The van der Waals surface area contributed by atoms with Crippen molar-refractivity contribution in [1.29, 1.82) is 0 Å². The molecule has 0 aliphatic heterocycles. The molecule has 0 aliphatic carbocycles. The van der Waals surface area contributed by atoms with E-state index in [0.717, 1.165) is 0 Å². The summed E-state index contributed by atoms with van der Waals surface area (Å²) < 4.78 is 1.49. The first-order valence-electron chi connectivity index (χ1n) is 4.14. The molecule has 1 aromatic carbocycles. The second-order valence-electron chi connectivity index (χ2n) is 3.91. The number of hydrogen-bond acceptors (Lipinski definition) is 0. The van der Waals surface area contributed by atoms with Crippen molar-refractivity contribution < 1.29 is 18.9 Å². The van der Waals surface area contributed by atoms with Gasteiger partial charge in [-0.3, -0.25) is 0 Å². The van der Waals surface area contributed by atoms with E-state index in [1.807, 2.05) is 0 Å². The molecule has 13 heavy (non-hydrogen) atoms. The fraction of sp³-hybridized carbons (Fsp3) is 0.300. The Morgan fingerprint density at radius 2 is 1.62 bits per heavy atom. The van der Waals surface area contributed by atoms with Gasteiger partial charge in [-0.05, 0) is 0 Å². The topological polar surface area (TPSA) is 0 Å². The Hall–Kier alpha value is 0.554. The standard InChI is InChI=1S/C10H15SeSi.Li/c1-12(2,3)9-11-10-7-5-4-6-8-10;/h4-9H,1-3H3;/q-1;+1. The molecule has 0 fully saturated rings. The van der Waals surface area contributed by atoms with Crippen molar-refractivity contribution in [2.24, 2.45) is 0 Å². The van der Waals surface area contributed by atoms with E-state index in [2.05, 4.69) is 54.9 Å². The Kier molecular flexibility index (Phi) is 6.38. The summed E-state index contributed by atoms with van der Waals surface area (Å²) in [6.45, 7) is 7.16. The maximum atomic E-state index is 2.55. The Balaban J connectivity index is 0.00000144. The predicted molar refractivity (Wildman–Crippen MR) is 59.5 cm³/mol. The number of benzene rings is 1. The van der Waals surface area contributed by atoms with Crippen molar-refractivity contribution in [3.63, 3.8) is 0 Å². The molecule has 0 nitrogen and oxygen atoms in total. The van der Waals surface area contributed by atoms with Crippen molar-refractivity contribution in [3.8, 4) is 0 Å². The quantitative estimate of drug-likeness (QED) is 0.479. The molecular formula is C10H15LiSeSi. The van der Waals surface area contributed by atoms with Crippen LogP contribution < -0.4 is 23.3 Å². The Bertz CT molecular complexity index is 230. The van der Waals surface area contributed by atoms with Crippen LogP contribution in [0.5, 0.6) is 0 Å². The molecule has 0 saturated heterocycles. The number of rotatable bonds is 3. The van der Waals surface area contributed by atoms with E-state index in [9.17, 15) is 0 Å². The van der Waals surface area contributed by atoms with E-state index in [0.29, 0.717) is 15.0 Å². The number of hydrogen-bond donors (Lipinski definition) is 0. The van der Waals surface area contributed by atoms with E-state index < -0.39 is 8.07 Å². The predicted octanol–water partition coefficient (Wildman–Crippen LogP) is -0.941. The maximum Gasteiger partial charge on any atom is 1.00 e. The Labute approximate surface area is 101 Å². The third-order valence-corrected chi connectivity index (χ3v) is 8.45. The summed E-state index contributed by atoms with van der Waals surface area (Å²) in [5, 5.41) is 0. The second-order valence-corrected chi connectivity index (χ2v) is 11.8. The summed E-state index contributed by atoms with van der Waals surface area (Å²) in [5.41, 5.74) is 0. The fourth-order valence-corrected chi connectivity index (χ4v) is 4.97. The smallest absolute Gasteiger partial charge is 1.00 e. The summed E-state index contributed by atoms with van der Waals surface area (Å²) in [6, 6.07) is 10.8. The van der Waals surface area contributed by atoms with Crippen LogP contribution in [0.2, 0.25) is 19.6 Å². The van der Waals surface area contributed by atoms with E-state index in [-0.39, 0.29) is 18.9 Å². The molecule has 0 radical (unpaired) electrons. The fourth-order valence-electron chi connectivity index (χ4n) is 0.744. The third kappa shape index (κ3) is 6.60. The van der Waals surface area contributed by atoms with Crippen LogP contribution in [-0.4, -0.2) is 23.0 Å². The van der Waals surface area contributed by atoms with Gasteiger partial charge in [0.2, 0.25) is 0 Å². The molecule has 0 heterocycles. The van der Waals surface area contributed by atoms with Gasteiger partial charge in [0.15, 0.2) is 0 Å². The van der Waals surface area contributed by atoms with Crippen molar-refractivity contribution >= 4 is 27.5 Å². The molecule has 1 aromatic rings. The molecule has 0 atom stereocenters. The normalized spacial score (nSPS) is 10.7. The minimum absolute atomic E-state index is 0. The van der Waals surface area contributed by atoms with E-state index in [1.165, 1.54) is 4.46 Å². The van der Waals surface area contributed by atoms with Crippen LogP contribution in [0.3, 0.4) is 0 Å². The minimum atomic E-state index is -0.937. The zero-order chi connectivity index (χ0) is 9.03. The van der Waals surface area contributed by atoms with Crippen LogP contribution in [0.1, 0.15) is 0 Å².